The number of carbonyl (C=O) groups is 1. The van der Waals surface area contributed by atoms with Crippen LogP contribution >= 0.6 is 0 Å². The van der Waals surface area contributed by atoms with E-state index in [2.05, 4.69) is 20.5 Å². The van der Waals surface area contributed by atoms with Gasteiger partial charge in [-0.3, -0.25) is 20.0 Å². The van der Waals surface area contributed by atoms with Gasteiger partial charge in [0.15, 0.2) is 0 Å². The Morgan fingerprint density at radius 2 is 2.17 bits per heavy atom. The first-order valence-corrected chi connectivity index (χ1v) is 5.01. The number of nitrogens with one attached hydrogen (secondary N) is 2. The number of aromatic amines is 1. The van der Waals surface area contributed by atoms with Crippen LogP contribution in [0.2, 0.25) is 0 Å². The van der Waals surface area contributed by atoms with Crippen LogP contribution in [-0.2, 0) is 0 Å². The molecule has 0 aliphatic heterocycles. The van der Waals surface area contributed by atoms with Crippen LogP contribution in [0.5, 0.6) is 0 Å². The van der Waals surface area contributed by atoms with E-state index in [-0.39, 0.29) is 17.2 Å². The van der Waals surface area contributed by atoms with E-state index < -0.39 is 10.8 Å². The van der Waals surface area contributed by atoms with Gasteiger partial charge in [0.1, 0.15) is 11.5 Å². The van der Waals surface area contributed by atoms with E-state index in [1.165, 1.54) is 18.2 Å². The molecule has 0 aliphatic rings. The number of hydrogen-bond acceptors (Lipinski definition) is 5. The van der Waals surface area contributed by atoms with Gasteiger partial charge in [0.05, 0.1) is 4.92 Å². The van der Waals surface area contributed by atoms with Gasteiger partial charge in [-0.05, 0) is 13.0 Å². The first kappa shape index (κ1) is 11.7. The fourth-order valence-corrected chi connectivity index (χ4v) is 1.36. The molecule has 1 heterocycles. The maximum Gasteiger partial charge on any atom is 0.295 e. The van der Waals surface area contributed by atoms with Crippen LogP contribution in [0.15, 0.2) is 24.3 Å². The van der Waals surface area contributed by atoms with Gasteiger partial charge in [-0.15, -0.1) is 5.10 Å². The van der Waals surface area contributed by atoms with Gasteiger partial charge in [-0.2, -0.15) is 0 Å². The van der Waals surface area contributed by atoms with Crippen molar-refractivity contribution in [3.05, 3.63) is 46.0 Å². The molecule has 1 aromatic carbocycles. The minimum atomic E-state index is -0.603. The van der Waals surface area contributed by atoms with E-state index in [9.17, 15) is 14.9 Å². The van der Waals surface area contributed by atoms with Gasteiger partial charge in [-0.1, -0.05) is 12.1 Å². The molecule has 2 aromatic rings. The average molecular weight is 247 g/mol. The first-order valence-electron chi connectivity index (χ1n) is 5.01. The maximum absolute atomic E-state index is 11.7. The van der Waals surface area contributed by atoms with Gasteiger partial charge < -0.3 is 5.32 Å². The average Bonchev–Trinajstić information content (AvgIpc) is 2.76. The predicted octanol–water partition coefficient (Wildman–Crippen LogP) is 1.27. The van der Waals surface area contributed by atoms with Crippen molar-refractivity contribution < 1.29 is 9.72 Å². The Morgan fingerprint density at radius 1 is 1.44 bits per heavy atom. The molecule has 0 bridgehead atoms. The molecule has 0 unspecified atom stereocenters. The van der Waals surface area contributed by atoms with Crippen molar-refractivity contribution >= 4 is 17.3 Å². The number of aryl methyl sites for hydroxylation is 1. The number of aromatic nitrogens is 3. The van der Waals surface area contributed by atoms with Gasteiger partial charge >= 0.3 is 0 Å². The fraction of sp³-hybridized carbons (Fsp3) is 0.100. The molecule has 1 aromatic heterocycles. The quantitative estimate of drug-likeness (QED) is 0.626. The number of nitrogens with zero attached hydrogens (tertiary/aromatic N) is 3. The Kier molecular flexibility index (Phi) is 3.00. The monoisotopic (exact) mass is 247 g/mol. The smallest absolute Gasteiger partial charge is 0.295 e. The highest BCUT2D eigenvalue weighted by atomic mass is 16.6. The number of anilines is 1. The Hall–Kier alpha value is -2.77. The molecule has 2 N–H and O–H groups in total. The summed E-state index contributed by atoms with van der Waals surface area (Å²) in [6.07, 6.45) is 0. The number of amides is 1. The third kappa shape index (κ3) is 2.32. The third-order valence-corrected chi connectivity index (χ3v) is 2.15. The molecule has 0 spiro atoms. The predicted molar refractivity (Wildman–Crippen MR) is 62.2 cm³/mol. The molecule has 0 radical (unpaired) electrons. The molecule has 8 nitrogen and oxygen atoms in total. The molecule has 2 rings (SSSR count). The highest BCUT2D eigenvalue weighted by molar-refractivity contribution is 6.02. The van der Waals surface area contributed by atoms with Crippen LogP contribution in [-0.4, -0.2) is 26.0 Å². The zero-order valence-corrected chi connectivity index (χ0v) is 9.38. The number of nitro groups is 1. The molecule has 0 aliphatic carbocycles. The largest absolute Gasteiger partial charge is 0.313 e. The lowest BCUT2D eigenvalue weighted by Crippen LogP contribution is -2.14. The SMILES string of the molecule is Cc1nc(C(=O)Nc2ccccc2[N+](=O)[O-])n[nH]1. The number of carbonyl (C=O) groups excluding carboxylic acids is 1. The number of H-pyrrole nitrogens is 1. The summed E-state index contributed by atoms with van der Waals surface area (Å²) in [5.41, 5.74) is -0.0759. The standard InChI is InChI=1S/C10H9N5O3/c1-6-11-9(14-13-6)10(16)12-7-4-2-3-5-8(7)15(17)18/h2-5H,1H3,(H,12,16)(H,11,13,14). The summed E-state index contributed by atoms with van der Waals surface area (Å²) in [6.45, 7) is 1.65. The van der Waals surface area contributed by atoms with Crippen LogP contribution in [0.25, 0.3) is 0 Å². The van der Waals surface area contributed by atoms with E-state index in [0.717, 1.165) is 0 Å². The second-order valence-electron chi connectivity index (χ2n) is 3.47. The van der Waals surface area contributed by atoms with Crippen molar-refractivity contribution in [2.24, 2.45) is 0 Å². The molecular formula is C10H9N5O3. The third-order valence-electron chi connectivity index (χ3n) is 2.15. The number of nitro benzene ring substituents is 1. The Bertz CT molecular complexity index is 607. The number of benzene rings is 1. The maximum atomic E-state index is 11.7. The van der Waals surface area contributed by atoms with E-state index in [1.54, 1.807) is 13.0 Å². The lowest BCUT2D eigenvalue weighted by atomic mass is 10.2. The first-order chi connectivity index (χ1) is 8.58. The molecule has 0 saturated carbocycles. The lowest BCUT2D eigenvalue weighted by molar-refractivity contribution is -0.383. The Balaban J connectivity index is 2.24. The van der Waals surface area contributed by atoms with Crippen LogP contribution < -0.4 is 5.32 Å². The molecule has 92 valence electrons. The lowest BCUT2D eigenvalue weighted by Gasteiger charge is -2.02. The van der Waals surface area contributed by atoms with Crippen molar-refractivity contribution in [1.82, 2.24) is 15.2 Å². The Morgan fingerprint density at radius 3 is 2.78 bits per heavy atom. The van der Waals surface area contributed by atoms with Gasteiger partial charge in [0, 0.05) is 6.07 Å². The van der Waals surface area contributed by atoms with E-state index in [4.69, 9.17) is 0 Å². The second kappa shape index (κ2) is 4.62. The molecule has 8 heteroatoms. The summed E-state index contributed by atoms with van der Waals surface area (Å²) in [6, 6.07) is 5.85. The van der Waals surface area contributed by atoms with E-state index >= 15 is 0 Å². The number of hydrogen-bond donors (Lipinski definition) is 2. The number of rotatable bonds is 3. The molecule has 18 heavy (non-hydrogen) atoms. The molecule has 1 amide bonds. The Labute approximate surface area is 101 Å². The van der Waals surface area contributed by atoms with E-state index in [1.807, 2.05) is 0 Å². The molecular weight excluding hydrogens is 238 g/mol. The van der Waals surface area contributed by atoms with E-state index in [0.29, 0.717) is 5.82 Å². The van der Waals surface area contributed by atoms with Gasteiger partial charge in [0.2, 0.25) is 5.82 Å². The number of para-hydroxylation sites is 2. The van der Waals surface area contributed by atoms with Gasteiger partial charge in [-0.25, -0.2) is 4.98 Å². The minimum Gasteiger partial charge on any atom is -0.313 e. The summed E-state index contributed by atoms with van der Waals surface area (Å²) in [5, 5.41) is 19.3. The zero-order chi connectivity index (χ0) is 13.1. The van der Waals surface area contributed by atoms with Crippen molar-refractivity contribution in [1.29, 1.82) is 0 Å². The minimum absolute atomic E-state index is 0.0642. The van der Waals surface area contributed by atoms with Crippen LogP contribution in [0.4, 0.5) is 11.4 Å². The molecule has 0 saturated heterocycles. The van der Waals surface area contributed by atoms with Crippen LogP contribution in [0, 0.1) is 17.0 Å². The van der Waals surface area contributed by atoms with Gasteiger partial charge in [0.25, 0.3) is 11.6 Å². The summed E-state index contributed by atoms with van der Waals surface area (Å²) >= 11 is 0. The highest BCUT2D eigenvalue weighted by Crippen LogP contribution is 2.23. The van der Waals surface area contributed by atoms with Crippen molar-refractivity contribution in [2.75, 3.05) is 5.32 Å². The normalized spacial score (nSPS) is 10.1. The highest BCUT2D eigenvalue weighted by Gasteiger charge is 2.17. The topological polar surface area (TPSA) is 114 Å². The van der Waals surface area contributed by atoms with Crippen LogP contribution in [0.3, 0.4) is 0 Å². The van der Waals surface area contributed by atoms with Crippen molar-refractivity contribution in [2.45, 2.75) is 6.92 Å². The zero-order valence-electron chi connectivity index (χ0n) is 9.38. The van der Waals surface area contributed by atoms with Crippen LogP contribution in [0.1, 0.15) is 16.4 Å². The second-order valence-corrected chi connectivity index (χ2v) is 3.47. The molecule has 0 atom stereocenters. The summed E-state index contributed by atoms with van der Waals surface area (Å²) < 4.78 is 0. The molecule has 0 fully saturated rings. The van der Waals surface area contributed by atoms with Crippen molar-refractivity contribution in [3.63, 3.8) is 0 Å². The summed E-state index contributed by atoms with van der Waals surface area (Å²) in [5.74, 6) is -0.179. The van der Waals surface area contributed by atoms with Crippen molar-refractivity contribution in [3.8, 4) is 0 Å². The summed E-state index contributed by atoms with van der Waals surface area (Å²) in [4.78, 5) is 25.7. The summed E-state index contributed by atoms with van der Waals surface area (Å²) in [7, 11) is 0. The fourth-order valence-electron chi connectivity index (χ4n) is 1.36.